The maximum Gasteiger partial charge on any atom is 0.227 e. The third-order valence-corrected chi connectivity index (χ3v) is 3.76. The predicted octanol–water partition coefficient (Wildman–Crippen LogP) is 2.75. The molecule has 1 aromatic carbocycles. The van der Waals surface area contributed by atoms with Crippen LogP contribution in [-0.4, -0.2) is 21.2 Å². The predicted molar refractivity (Wildman–Crippen MR) is 76.6 cm³/mol. The number of thiazole rings is 1. The molecule has 98 valence electrons. The van der Waals surface area contributed by atoms with Crippen molar-refractivity contribution in [3.8, 4) is 17.0 Å². The number of nitrogens with two attached hydrogens (primary N) is 1. The molecular weight excluding hydrogens is 260 g/mol. The number of hydrogen-bond donors (Lipinski definition) is 1. The minimum atomic E-state index is 0.415. The highest BCUT2D eigenvalue weighted by molar-refractivity contribution is 7.15. The molecule has 3 aromatic rings. The van der Waals surface area contributed by atoms with Crippen molar-refractivity contribution in [3.05, 3.63) is 29.1 Å². The van der Waals surface area contributed by atoms with Crippen molar-refractivity contribution in [1.29, 1.82) is 0 Å². The van der Waals surface area contributed by atoms with Gasteiger partial charge in [0.15, 0.2) is 0 Å². The maximum atomic E-state index is 5.85. The van der Waals surface area contributed by atoms with Gasteiger partial charge in [-0.05, 0) is 37.6 Å². The smallest absolute Gasteiger partial charge is 0.227 e. The number of anilines is 1. The Balaban J connectivity index is 2.11. The van der Waals surface area contributed by atoms with Crippen LogP contribution in [0.15, 0.2) is 23.6 Å². The van der Waals surface area contributed by atoms with Crippen LogP contribution in [0.3, 0.4) is 0 Å². The number of fused-ring (bicyclic) bond motifs is 1. The van der Waals surface area contributed by atoms with Crippen molar-refractivity contribution in [2.45, 2.75) is 13.8 Å². The maximum absolute atomic E-state index is 5.85. The molecule has 5 nitrogen and oxygen atoms in total. The summed E-state index contributed by atoms with van der Waals surface area (Å²) < 4.78 is 7.41. The van der Waals surface area contributed by atoms with Gasteiger partial charge in [-0.1, -0.05) is 0 Å². The summed E-state index contributed by atoms with van der Waals surface area (Å²) in [6.07, 6.45) is 0. The van der Waals surface area contributed by atoms with E-state index in [-0.39, 0.29) is 0 Å². The fraction of sp³-hybridized carbons (Fsp3) is 0.231. The number of nitrogen functional groups attached to an aromatic ring is 1. The first-order valence-electron chi connectivity index (χ1n) is 6.02. The van der Waals surface area contributed by atoms with E-state index in [1.165, 1.54) is 11.3 Å². The summed E-state index contributed by atoms with van der Waals surface area (Å²) in [4.78, 5) is 0.805. The van der Waals surface area contributed by atoms with E-state index in [1.54, 1.807) is 0 Å². The van der Waals surface area contributed by atoms with Crippen molar-refractivity contribution in [2.75, 3.05) is 12.3 Å². The van der Waals surface area contributed by atoms with Crippen LogP contribution in [0.25, 0.3) is 16.2 Å². The Bertz CT molecular complexity index is 731. The van der Waals surface area contributed by atoms with Gasteiger partial charge in [-0.15, -0.1) is 21.5 Å². The molecule has 0 fully saturated rings. The van der Waals surface area contributed by atoms with E-state index in [0.29, 0.717) is 12.6 Å². The van der Waals surface area contributed by atoms with Gasteiger partial charge in [0.25, 0.3) is 0 Å². The highest BCUT2D eigenvalue weighted by atomic mass is 32.1. The molecule has 0 radical (unpaired) electrons. The van der Waals surface area contributed by atoms with Crippen LogP contribution in [0.1, 0.15) is 12.5 Å². The number of aryl methyl sites for hydroxylation is 1. The van der Waals surface area contributed by atoms with E-state index in [4.69, 9.17) is 10.5 Å². The molecule has 0 saturated heterocycles. The fourth-order valence-electron chi connectivity index (χ4n) is 2.07. The largest absolute Gasteiger partial charge is 0.494 e. The quantitative estimate of drug-likeness (QED) is 0.797. The van der Waals surface area contributed by atoms with E-state index in [1.807, 2.05) is 35.8 Å². The lowest BCUT2D eigenvalue weighted by atomic mass is 10.1. The normalized spacial score (nSPS) is 11.1. The van der Waals surface area contributed by atoms with Crippen LogP contribution < -0.4 is 10.5 Å². The molecule has 0 aliphatic carbocycles. The third kappa shape index (κ3) is 1.94. The zero-order chi connectivity index (χ0) is 13.4. The number of aromatic nitrogens is 3. The van der Waals surface area contributed by atoms with Crippen LogP contribution in [0.5, 0.6) is 5.75 Å². The molecule has 0 spiro atoms. The first kappa shape index (κ1) is 12.0. The first-order chi connectivity index (χ1) is 9.20. The Morgan fingerprint density at radius 3 is 2.95 bits per heavy atom. The zero-order valence-electron chi connectivity index (χ0n) is 10.8. The van der Waals surface area contributed by atoms with Crippen molar-refractivity contribution in [3.63, 3.8) is 0 Å². The highest BCUT2D eigenvalue weighted by Crippen LogP contribution is 2.30. The summed E-state index contributed by atoms with van der Waals surface area (Å²) in [5.41, 5.74) is 9.04. The minimum absolute atomic E-state index is 0.415. The molecule has 0 unspecified atom stereocenters. The Morgan fingerprint density at radius 2 is 2.21 bits per heavy atom. The Morgan fingerprint density at radius 1 is 1.37 bits per heavy atom. The molecule has 0 atom stereocenters. The van der Waals surface area contributed by atoms with Crippen molar-refractivity contribution in [1.82, 2.24) is 14.6 Å². The molecule has 0 aliphatic heterocycles. The SMILES string of the molecule is CCOc1ccc(-c2csc3nnc(N)n23)cc1C. The number of rotatable bonds is 3. The average Bonchev–Trinajstić information content (AvgIpc) is 2.96. The second-order valence-corrected chi connectivity index (χ2v) is 5.05. The first-order valence-corrected chi connectivity index (χ1v) is 6.90. The molecule has 2 heterocycles. The highest BCUT2D eigenvalue weighted by Gasteiger charge is 2.12. The molecule has 2 aromatic heterocycles. The summed E-state index contributed by atoms with van der Waals surface area (Å²) in [6.45, 7) is 4.68. The van der Waals surface area contributed by atoms with E-state index in [9.17, 15) is 0 Å². The second-order valence-electron chi connectivity index (χ2n) is 4.21. The molecule has 0 bridgehead atoms. The van der Waals surface area contributed by atoms with Gasteiger partial charge in [0.05, 0.1) is 12.3 Å². The van der Waals surface area contributed by atoms with Gasteiger partial charge in [-0.2, -0.15) is 0 Å². The van der Waals surface area contributed by atoms with Crippen LogP contribution >= 0.6 is 11.3 Å². The van der Waals surface area contributed by atoms with Gasteiger partial charge in [-0.25, -0.2) is 0 Å². The second kappa shape index (κ2) is 4.55. The summed E-state index contributed by atoms with van der Waals surface area (Å²) in [7, 11) is 0. The van der Waals surface area contributed by atoms with Crippen LogP contribution in [-0.2, 0) is 0 Å². The van der Waals surface area contributed by atoms with Crippen LogP contribution in [0.2, 0.25) is 0 Å². The summed E-state index contributed by atoms with van der Waals surface area (Å²) in [5, 5.41) is 9.94. The van der Waals surface area contributed by atoms with E-state index >= 15 is 0 Å². The lowest BCUT2D eigenvalue weighted by Crippen LogP contribution is -1.96. The monoisotopic (exact) mass is 274 g/mol. The third-order valence-electron chi connectivity index (χ3n) is 2.95. The standard InChI is InChI=1S/C13H14N4OS/c1-3-18-11-5-4-9(6-8(11)2)10-7-19-13-16-15-12(14)17(10)13/h4-7H,3H2,1-2H3,(H2,14,15). The van der Waals surface area contributed by atoms with Crippen LogP contribution in [0.4, 0.5) is 5.95 Å². The van der Waals surface area contributed by atoms with Gasteiger partial charge < -0.3 is 10.5 Å². The lowest BCUT2D eigenvalue weighted by molar-refractivity contribution is 0.338. The number of hydrogen-bond acceptors (Lipinski definition) is 5. The Labute approximate surface area is 114 Å². The molecule has 0 amide bonds. The fourth-order valence-corrected chi connectivity index (χ4v) is 2.91. The minimum Gasteiger partial charge on any atom is -0.494 e. The Kier molecular flexibility index (Phi) is 2.87. The van der Waals surface area contributed by atoms with Crippen LogP contribution in [0, 0.1) is 6.92 Å². The Hall–Kier alpha value is -2.08. The molecule has 2 N–H and O–H groups in total. The molecular formula is C13H14N4OS. The molecule has 0 saturated carbocycles. The number of nitrogens with zero attached hydrogens (tertiary/aromatic N) is 3. The van der Waals surface area contributed by atoms with Crippen molar-refractivity contribution < 1.29 is 4.74 Å². The van der Waals surface area contributed by atoms with Gasteiger partial charge in [0.1, 0.15) is 5.75 Å². The van der Waals surface area contributed by atoms with E-state index in [0.717, 1.165) is 27.5 Å². The van der Waals surface area contributed by atoms with Gasteiger partial charge in [0, 0.05) is 10.9 Å². The summed E-state index contributed by atoms with van der Waals surface area (Å²) in [5.74, 6) is 1.33. The average molecular weight is 274 g/mol. The van der Waals surface area contributed by atoms with Crippen molar-refractivity contribution >= 4 is 22.2 Å². The molecule has 19 heavy (non-hydrogen) atoms. The van der Waals surface area contributed by atoms with Gasteiger partial charge >= 0.3 is 0 Å². The van der Waals surface area contributed by atoms with Gasteiger partial charge in [-0.3, -0.25) is 4.40 Å². The zero-order valence-corrected chi connectivity index (χ0v) is 11.6. The van der Waals surface area contributed by atoms with E-state index < -0.39 is 0 Å². The summed E-state index contributed by atoms with van der Waals surface area (Å²) in [6, 6.07) is 6.10. The summed E-state index contributed by atoms with van der Waals surface area (Å²) >= 11 is 1.53. The number of ether oxygens (including phenoxy) is 1. The topological polar surface area (TPSA) is 65.4 Å². The van der Waals surface area contributed by atoms with Crippen molar-refractivity contribution in [2.24, 2.45) is 0 Å². The molecule has 6 heteroatoms. The molecule has 3 rings (SSSR count). The lowest BCUT2D eigenvalue weighted by Gasteiger charge is -2.08. The van der Waals surface area contributed by atoms with Gasteiger partial charge in [0.2, 0.25) is 10.9 Å². The number of benzene rings is 1. The van der Waals surface area contributed by atoms with E-state index in [2.05, 4.69) is 16.3 Å². The molecule has 0 aliphatic rings.